The molecular formula is C13H11FN2O4. The molecule has 0 aliphatic rings. The zero-order valence-electron chi connectivity index (χ0n) is 10.4. The Kier molecular flexibility index (Phi) is 4.09. The number of halogens is 1. The lowest BCUT2D eigenvalue weighted by atomic mass is 10.3. The number of hydrogen-bond donors (Lipinski definition) is 0. The summed E-state index contributed by atoms with van der Waals surface area (Å²) in [6, 6.07) is 7.73. The SMILES string of the molecule is O=c1ccc([N+](=O)[O-])cn1CCOc1ccc(F)cc1. The van der Waals surface area contributed by atoms with Gasteiger partial charge in [-0.3, -0.25) is 14.9 Å². The van der Waals surface area contributed by atoms with Crippen LogP contribution in [0.3, 0.4) is 0 Å². The highest BCUT2D eigenvalue weighted by atomic mass is 19.1. The minimum Gasteiger partial charge on any atom is -0.492 e. The molecule has 1 aromatic carbocycles. The lowest BCUT2D eigenvalue weighted by Crippen LogP contribution is -2.22. The van der Waals surface area contributed by atoms with E-state index in [1.807, 2.05) is 0 Å². The van der Waals surface area contributed by atoms with E-state index in [1.165, 1.54) is 28.8 Å². The van der Waals surface area contributed by atoms with Gasteiger partial charge < -0.3 is 9.30 Å². The summed E-state index contributed by atoms with van der Waals surface area (Å²) in [4.78, 5) is 21.6. The van der Waals surface area contributed by atoms with Gasteiger partial charge in [0.15, 0.2) is 0 Å². The molecule has 0 saturated carbocycles. The second-order valence-electron chi connectivity index (χ2n) is 3.98. The van der Waals surface area contributed by atoms with Crippen molar-refractivity contribution >= 4 is 5.69 Å². The maximum Gasteiger partial charge on any atom is 0.285 e. The zero-order valence-corrected chi connectivity index (χ0v) is 10.4. The van der Waals surface area contributed by atoms with Crippen LogP contribution in [0.4, 0.5) is 10.1 Å². The summed E-state index contributed by atoms with van der Waals surface area (Å²) in [7, 11) is 0. The molecule has 0 saturated heterocycles. The van der Waals surface area contributed by atoms with Crippen LogP contribution in [-0.4, -0.2) is 16.1 Å². The van der Waals surface area contributed by atoms with E-state index in [0.717, 1.165) is 18.3 Å². The fraction of sp³-hybridized carbons (Fsp3) is 0.154. The van der Waals surface area contributed by atoms with Crippen molar-refractivity contribution in [2.75, 3.05) is 6.61 Å². The van der Waals surface area contributed by atoms with E-state index >= 15 is 0 Å². The highest BCUT2D eigenvalue weighted by molar-refractivity contribution is 5.25. The standard InChI is InChI=1S/C13H11FN2O4/c14-10-1-4-12(5-2-10)20-8-7-15-9-11(16(18)19)3-6-13(15)17/h1-6,9H,7-8H2. The Balaban J connectivity index is 2.00. The van der Waals surface area contributed by atoms with E-state index in [0.29, 0.717) is 5.75 Å². The summed E-state index contributed by atoms with van der Waals surface area (Å²) >= 11 is 0. The molecule has 0 atom stereocenters. The maximum absolute atomic E-state index is 12.7. The number of benzene rings is 1. The van der Waals surface area contributed by atoms with Crippen LogP contribution in [0.5, 0.6) is 5.75 Å². The number of nitrogens with zero attached hydrogens (tertiary/aromatic N) is 2. The molecule has 0 unspecified atom stereocenters. The lowest BCUT2D eigenvalue weighted by Gasteiger charge is -2.07. The van der Waals surface area contributed by atoms with Crippen LogP contribution in [0.2, 0.25) is 0 Å². The molecule has 0 amide bonds. The molecule has 0 radical (unpaired) electrons. The van der Waals surface area contributed by atoms with E-state index in [2.05, 4.69) is 0 Å². The van der Waals surface area contributed by atoms with Gasteiger partial charge in [0.1, 0.15) is 18.2 Å². The summed E-state index contributed by atoms with van der Waals surface area (Å²) in [5, 5.41) is 10.6. The number of ether oxygens (including phenoxy) is 1. The van der Waals surface area contributed by atoms with Crippen molar-refractivity contribution in [1.82, 2.24) is 4.57 Å². The highest BCUT2D eigenvalue weighted by Crippen LogP contribution is 2.11. The second kappa shape index (κ2) is 5.96. The molecule has 0 bridgehead atoms. The predicted molar refractivity (Wildman–Crippen MR) is 69.3 cm³/mol. The van der Waals surface area contributed by atoms with Crippen molar-refractivity contribution in [1.29, 1.82) is 0 Å². The quantitative estimate of drug-likeness (QED) is 0.619. The van der Waals surface area contributed by atoms with Gasteiger partial charge in [-0.05, 0) is 24.3 Å². The number of hydrogen-bond acceptors (Lipinski definition) is 4. The van der Waals surface area contributed by atoms with Crippen molar-refractivity contribution in [2.45, 2.75) is 6.54 Å². The molecule has 0 spiro atoms. The van der Waals surface area contributed by atoms with Crippen LogP contribution < -0.4 is 10.3 Å². The number of nitro groups is 1. The Bertz CT molecular complexity index is 667. The normalized spacial score (nSPS) is 10.2. The topological polar surface area (TPSA) is 74.4 Å². The molecule has 2 rings (SSSR count). The third kappa shape index (κ3) is 3.41. The van der Waals surface area contributed by atoms with Crippen LogP contribution in [0.15, 0.2) is 47.4 Å². The summed E-state index contributed by atoms with van der Waals surface area (Å²) in [6.07, 6.45) is 1.16. The first-order valence-electron chi connectivity index (χ1n) is 5.79. The van der Waals surface area contributed by atoms with E-state index in [-0.39, 0.29) is 30.2 Å². The molecule has 2 aromatic rings. The van der Waals surface area contributed by atoms with Gasteiger partial charge in [0.25, 0.3) is 11.2 Å². The molecule has 0 aliphatic carbocycles. The van der Waals surface area contributed by atoms with Crippen molar-refractivity contribution in [2.24, 2.45) is 0 Å². The average molecular weight is 278 g/mol. The Morgan fingerprint density at radius 2 is 1.90 bits per heavy atom. The lowest BCUT2D eigenvalue weighted by molar-refractivity contribution is -0.385. The highest BCUT2D eigenvalue weighted by Gasteiger charge is 2.07. The number of aromatic nitrogens is 1. The molecule has 1 heterocycles. The van der Waals surface area contributed by atoms with Gasteiger partial charge in [-0.25, -0.2) is 4.39 Å². The fourth-order valence-corrected chi connectivity index (χ4v) is 1.59. The number of pyridine rings is 1. The first-order chi connectivity index (χ1) is 9.56. The third-order valence-electron chi connectivity index (χ3n) is 2.59. The van der Waals surface area contributed by atoms with Gasteiger partial charge in [0.05, 0.1) is 17.7 Å². The van der Waals surface area contributed by atoms with Crippen molar-refractivity contribution in [3.63, 3.8) is 0 Å². The summed E-state index contributed by atoms with van der Waals surface area (Å²) < 4.78 is 19.2. The minimum atomic E-state index is -0.573. The fourth-order valence-electron chi connectivity index (χ4n) is 1.59. The predicted octanol–water partition coefficient (Wildman–Crippen LogP) is 1.97. The molecule has 0 aliphatic heterocycles. The van der Waals surface area contributed by atoms with Gasteiger partial charge in [-0.1, -0.05) is 0 Å². The largest absolute Gasteiger partial charge is 0.492 e. The molecule has 0 fully saturated rings. The smallest absolute Gasteiger partial charge is 0.285 e. The van der Waals surface area contributed by atoms with Gasteiger partial charge in [-0.15, -0.1) is 0 Å². The Hall–Kier alpha value is -2.70. The minimum absolute atomic E-state index is 0.146. The number of rotatable bonds is 5. The van der Waals surface area contributed by atoms with E-state index in [1.54, 1.807) is 0 Å². The zero-order chi connectivity index (χ0) is 14.5. The molecule has 104 valence electrons. The van der Waals surface area contributed by atoms with Crippen LogP contribution >= 0.6 is 0 Å². The molecule has 0 N–H and O–H groups in total. The monoisotopic (exact) mass is 278 g/mol. The third-order valence-corrected chi connectivity index (χ3v) is 2.59. The van der Waals surface area contributed by atoms with Crippen LogP contribution in [0.1, 0.15) is 0 Å². The van der Waals surface area contributed by atoms with E-state index < -0.39 is 4.92 Å². The van der Waals surface area contributed by atoms with E-state index in [9.17, 15) is 19.3 Å². The van der Waals surface area contributed by atoms with Crippen molar-refractivity contribution < 1.29 is 14.1 Å². The van der Waals surface area contributed by atoms with Gasteiger partial charge >= 0.3 is 0 Å². The van der Waals surface area contributed by atoms with Crippen molar-refractivity contribution in [3.8, 4) is 5.75 Å². The molecule has 6 nitrogen and oxygen atoms in total. The maximum atomic E-state index is 12.7. The first-order valence-corrected chi connectivity index (χ1v) is 5.79. The molecule has 20 heavy (non-hydrogen) atoms. The average Bonchev–Trinajstić information content (AvgIpc) is 2.43. The molecular weight excluding hydrogens is 267 g/mol. The van der Waals surface area contributed by atoms with Gasteiger partial charge in [-0.2, -0.15) is 0 Å². The van der Waals surface area contributed by atoms with Crippen LogP contribution in [-0.2, 0) is 6.54 Å². The van der Waals surface area contributed by atoms with Gasteiger partial charge in [0, 0.05) is 12.1 Å². The van der Waals surface area contributed by atoms with Crippen molar-refractivity contribution in [3.05, 3.63) is 68.9 Å². The Morgan fingerprint density at radius 3 is 2.55 bits per heavy atom. The molecule has 7 heteroatoms. The Labute approximate surface area is 113 Å². The second-order valence-corrected chi connectivity index (χ2v) is 3.98. The first kappa shape index (κ1) is 13.7. The Morgan fingerprint density at radius 1 is 1.20 bits per heavy atom. The van der Waals surface area contributed by atoms with Crippen LogP contribution in [0.25, 0.3) is 0 Å². The summed E-state index contributed by atoms with van der Waals surface area (Å²) in [5.74, 6) is 0.0946. The van der Waals surface area contributed by atoms with E-state index in [4.69, 9.17) is 4.74 Å². The molecule has 1 aromatic heterocycles. The summed E-state index contributed by atoms with van der Waals surface area (Å²) in [5.41, 5.74) is -0.510. The van der Waals surface area contributed by atoms with Gasteiger partial charge in [0.2, 0.25) is 0 Å². The summed E-state index contributed by atoms with van der Waals surface area (Å²) in [6.45, 7) is 0.310. The van der Waals surface area contributed by atoms with Crippen LogP contribution in [0, 0.1) is 15.9 Å².